The molecule has 2 aromatic rings. The highest BCUT2D eigenvalue weighted by atomic mass is 16.3. The molecule has 17 heavy (non-hydrogen) atoms. The lowest BCUT2D eigenvalue weighted by atomic mass is 9.93. The maximum absolute atomic E-state index is 5.94. The molecule has 2 heterocycles. The molecule has 1 aliphatic carbocycles. The van der Waals surface area contributed by atoms with E-state index in [1.807, 2.05) is 26.5 Å². The van der Waals surface area contributed by atoms with E-state index in [0.29, 0.717) is 6.04 Å². The van der Waals surface area contributed by atoms with Crippen molar-refractivity contribution in [2.75, 3.05) is 7.05 Å². The van der Waals surface area contributed by atoms with Crippen LogP contribution in [0.15, 0.2) is 22.9 Å². The van der Waals surface area contributed by atoms with Gasteiger partial charge in [0.15, 0.2) is 0 Å². The summed E-state index contributed by atoms with van der Waals surface area (Å²) in [6.07, 6.45) is 7.26. The van der Waals surface area contributed by atoms with Crippen LogP contribution in [0, 0.1) is 0 Å². The van der Waals surface area contributed by atoms with Gasteiger partial charge in [0, 0.05) is 31.3 Å². The molecule has 4 nitrogen and oxygen atoms in total. The first kappa shape index (κ1) is 10.6. The molecule has 1 unspecified atom stereocenters. The third-order valence-electron chi connectivity index (χ3n) is 3.45. The molecule has 0 fully saturated rings. The Kier molecular flexibility index (Phi) is 2.52. The predicted molar refractivity (Wildman–Crippen MR) is 65.6 cm³/mol. The number of aromatic nitrogens is 2. The van der Waals surface area contributed by atoms with E-state index in [4.69, 9.17) is 4.42 Å². The highest BCUT2D eigenvalue weighted by Gasteiger charge is 2.23. The van der Waals surface area contributed by atoms with E-state index in [1.54, 1.807) is 4.68 Å². The predicted octanol–water partition coefficient (Wildman–Crippen LogP) is 2.28. The van der Waals surface area contributed by atoms with Crippen LogP contribution in [0.2, 0.25) is 0 Å². The largest absolute Gasteiger partial charge is 0.461 e. The molecule has 0 amide bonds. The maximum atomic E-state index is 5.94. The van der Waals surface area contributed by atoms with Gasteiger partial charge in [0.25, 0.3) is 0 Å². The number of hydrogen-bond acceptors (Lipinski definition) is 3. The Labute approximate surface area is 101 Å². The lowest BCUT2D eigenvalue weighted by Crippen LogP contribution is -2.20. The zero-order chi connectivity index (χ0) is 11.8. The van der Waals surface area contributed by atoms with Gasteiger partial charge >= 0.3 is 0 Å². The summed E-state index contributed by atoms with van der Waals surface area (Å²) in [7, 11) is 3.93. The molecule has 3 rings (SSSR count). The Bertz CT molecular complexity index is 527. The molecule has 2 aromatic heterocycles. The number of nitrogens with zero attached hydrogens (tertiary/aromatic N) is 2. The summed E-state index contributed by atoms with van der Waals surface area (Å²) in [4.78, 5) is 0. The average molecular weight is 231 g/mol. The van der Waals surface area contributed by atoms with Crippen molar-refractivity contribution in [2.45, 2.75) is 25.3 Å². The molecule has 4 heteroatoms. The molecular formula is C13H17N3O. The lowest BCUT2D eigenvalue weighted by Gasteiger charge is -2.20. The third kappa shape index (κ3) is 1.78. The summed E-state index contributed by atoms with van der Waals surface area (Å²) in [5, 5.41) is 7.53. The first-order chi connectivity index (χ1) is 8.28. The van der Waals surface area contributed by atoms with Crippen LogP contribution < -0.4 is 5.32 Å². The van der Waals surface area contributed by atoms with Gasteiger partial charge in [-0.05, 0) is 26.0 Å². The Hall–Kier alpha value is -1.55. The van der Waals surface area contributed by atoms with Crippen LogP contribution in [0.4, 0.5) is 0 Å². The van der Waals surface area contributed by atoms with Crippen LogP contribution in [-0.4, -0.2) is 16.8 Å². The maximum Gasteiger partial charge on any atom is 0.137 e. The molecule has 0 radical (unpaired) electrons. The van der Waals surface area contributed by atoms with E-state index in [0.717, 1.165) is 23.5 Å². The van der Waals surface area contributed by atoms with E-state index in [2.05, 4.69) is 16.5 Å². The van der Waals surface area contributed by atoms with Gasteiger partial charge < -0.3 is 9.73 Å². The second-order valence-electron chi connectivity index (χ2n) is 4.63. The highest BCUT2D eigenvalue weighted by Crippen LogP contribution is 2.35. The number of furan rings is 1. The van der Waals surface area contributed by atoms with Gasteiger partial charge in [-0.3, -0.25) is 4.68 Å². The molecule has 90 valence electrons. The van der Waals surface area contributed by atoms with E-state index in [-0.39, 0.29) is 0 Å². The summed E-state index contributed by atoms with van der Waals surface area (Å²) in [6.45, 7) is 0. The Morgan fingerprint density at radius 2 is 2.41 bits per heavy atom. The summed E-state index contributed by atoms with van der Waals surface area (Å²) in [5.74, 6) is 2.07. The third-order valence-corrected chi connectivity index (χ3v) is 3.45. The minimum atomic E-state index is 0.438. The first-order valence-electron chi connectivity index (χ1n) is 6.07. The summed E-state index contributed by atoms with van der Waals surface area (Å²) in [5.41, 5.74) is 2.37. The zero-order valence-electron chi connectivity index (χ0n) is 10.2. The average Bonchev–Trinajstić information content (AvgIpc) is 2.93. The first-order valence-corrected chi connectivity index (χ1v) is 6.07. The molecule has 0 aromatic carbocycles. The Balaban J connectivity index is 2.01. The Morgan fingerprint density at radius 1 is 1.53 bits per heavy atom. The minimum Gasteiger partial charge on any atom is -0.461 e. The summed E-state index contributed by atoms with van der Waals surface area (Å²) >= 11 is 0. The van der Waals surface area contributed by atoms with Crippen LogP contribution in [0.1, 0.15) is 30.2 Å². The lowest BCUT2D eigenvalue weighted by molar-refractivity contribution is 0.432. The molecule has 0 bridgehead atoms. The zero-order valence-corrected chi connectivity index (χ0v) is 10.2. The van der Waals surface area contributed by atoms with E-state index < -0.39 is 0 Å². The highest BCUT2D eigenvalue weighted by molar-refractivity contribution is 5.57. The standard InChI is InChI=1S/C13H17N3O/c1-14-11-4-3-5-12-10(11)6-13(17-12)9-7-15-16(2)8-9/h6-8,11,14H,3-5H2,1-2H3. The SMILES string of the molecule is CNC1CCCc2oc(-c3cnn(C)c3)cc21. The van der Waals surface area contributed by atoms with Gasteiger partial charge in [-0.2, -0.15) is 5.10 Å². The van der Waals surface area contributed by atoms with Crippen LogP contribution in [0.3, 0.4) is 0 Å². The van der Waals surface area contributed by atoms with E-state index in [1.165, 1.54) is 18.4 Å². The molecule has 0 saturated heterocycles. The van der Waals surface area contributed by atoms with Crippen molar-refractivity contribution in [3.63, 3.8) is 0 Å². The summed E-state index contributed by atoms with van der Waals surface area (Å²) < 4.78 is 7.74. The van der Waals surface area contributed by atoms with Gasteiger partial charge in [-0.25, -0.2) is 0 Å². The molecule has 0 spiro atoms. The van der Waals surface area contributed by atoms with Gasteiger partial charge in [-0.15, -0.1) is 0 Å². The Morgan fingerprint density at radius 3 is 3.12 bits per heavy atom. The van der Waals surface area contributed by atoms with Crippen molar-refractivity contribution in [2.24, 2.45) is 7.05 Å². The van der Waals surface area contributed by atoms with Gasteiger partial charge in [-0.1, -0.05) is 0 Å². The van der Waals surface area contributed by atoms with E-state index in [9.17, 15) is 0 Å². The molecule has 1 aliphatic rings. The van der Waals surface area contributed by atoms with Crippen LogP contribution in [-0.2, 0) is 13.5 Å². The number of hydrogen-bond donors (Lipinski definition) is 1. The van der Waals surface area contributed by atoms with Crippen molar-refractivity contribution in [1.29, 1.82) is 0 Å². The number of rotatable bonds is 2. The second-order valence-corrected chi connectivity index (χ2v) is 4.63. The van der Waals surface area contributed by atoms with Crippen molar-refractivity contribution < 1.29 is 4.42 Å². The van der Waals surface area contributed by atoms with Gasteiger partial charge in [0.05, 0.1) is 11.8 Å². The topological polar surface area (TPSA) is 43.0 Å². The number of aryl methyl sites for hydroxylation is 2. The smallest absolute Gasteiger partial charge is 0.137 e. The van der Waals surface area contributed by atoms with Crippen molar-refractivity contribution in [1.82, 2.24) is 15.1 Å². The molecule has 1 atom stereocenters. The van der Waals surface area contributed by atoms with Crippen LogP contribution in [0.25, 0.3) is 11.3 Å². The van der Waals surface area contributed by atoms with Gasteiger partial charge in [0.2, 0.25) is 0 Å². The molecule has 0 aliphatic heterocycles. The van der Waals surface area contributed by atoms with Crippen molar-refractivity contribution in [3.05, 3.63) is 29.8 Å². The quantitative estimate of drug-likeness (QED) is 0.862. The fourth-order valence-electron chi connectivity index (χ4n) is 2.55. The molecule has 0 saturated carbocycles. The fourth-order valence-corrected chi connectivity index (χ4v) is 2.55. The normalized spacial score (nSPS) is 19.3. The van der Waals surface area contributed by atoms with E-state index >= 15 is 0 Å². The summed E-state index contributed by atoms with van der Waals surface area (Å²) in [6, 6.07) is 2.60. The second kappa shape index (κ2) is 4.04. The van der Waals surface area contributed by atoms with Crippen molar-refractivity contribution in [3.8, 4) is 11.3 Å². The number of fused-ring (bicyclic) bond motifs is 1. The number of nitrogens with one attached hydrogen (secondary N) is 1. The molecular weight excluding hydrogens is 214 g/mol. The van der Waals surface area contributed by atoms with Gasteiger partial charge in [0.1, 0.15) is 11.5 Å². The minimum absolute atomic E-state index is 0.438. The van der Waals surface area contributed by atoms with Crippen LogP contribution >= 0.6 is 0 Å². The van der Waals surface area contributed by atoms with Crippen LogP contribution in [0.5, 0.6) is 0 Å². The van der Waals surface area contributed by atoms with Crippen molar-refractivity contribution >= 4 is 0 Å². The monoisotopic (exact) mass is 231 g/mol. The molecule has 1 N–H and O–H groups in total. The fraction of sp³-hybridized carbons (Fsp3) is 0.462.